The summed E-state index contributed by atoms with van der Waals surface area (Å²) in [6.45, 7) is 1.38. The van der Waals surface area contributed by atoms with Gasteiger partial charge in [0, 0.05) is 23.0 Å². The van der Waals surface area contributed by atoms with Crippen LogP contribution in [0.5, 0.6) is 5.75 Å². The van der Waals surface area contributed by atoms with Crippen LogP contribution in [-0.2, 0) is 4.74 Å². The van der Waals surface area contributed by atoms with Gasteiger partial charge in [-0.15, -0.1) is 0 Å². The third kappa shape index (κ3) is 4.88. The van der Waals surface area contributed by atoms with Gasteiger partial charge in [0.15, 0.2) is 0 Å². The van der Waals surface area contributed by atoms with E-state index < -0.39 is 0 Å². The van der Waals surface area contributed by atoms with Crippen molar-refractivity contribution in [2.24, 2.45) is 0 Å². The van der Waals surface area contributed by atoms with Crippen molar-refractivity contribution in [3.63, 3.8) is 0 Å². The molecule has 2 aromatic carbocycles. The molecular weight excluding hydrogens is 328 g/mol. The predicted molar refractivity (Wildman–Crippen MR) is 95.0 cm³/mol. The van der Waals surface area contributed by atoms with Crippen molar-refractivity contribution in [1.82, 2.24) is 0 Å². The van der Waals surface area contributed by atoms with Crippen LogP contribution in [0.4, 0.5) is 16.2 Å². The van der Waals surface area contributed by atoms with Crippen LogP contribution in [0.15, 0.2) is 48.5 Å². The lowest BCUT2D eigenvalue weighted by molar-refractivity contribution is 0.0679. The first-order valence-electron chi connectivity index (χ1n) is 7.87. The summed E-state index contributed by atoms with van der Waals surface area (Å²) >= 11 is 5.81. The maximum Gasteiger partial charge on any atom is 0.323 e. The van der Waals surface area contributed by atoms with Crippen molar-refractivity contribution in [3.8, 4) is 5.75 Å². The van der Waals surface area contributed by atoms with E-state index in [2.05, 4.69) is 10.6 Å². The molecule has 0 bridgehead atoms. The van der Waals surface area contributed by atoms with Gasteiger partial charge in [-0.05, 0) is 61.4 Å². The van der Waals surface area contributed by atoms with E-state index in [9.17, 15) is 4.79 Å². The topological polar surface area (TPSA) is 59.6 Å². The number of hydrogen-bond acceptors (Lipinski definition) is 3. The molecule has 5 nitrogen and oxygen atoms in total. The number of rotatable bonds is 5. The van der Waals surface area contributed by atoms with E-state index in [1.807, 2.05) is 12.1 Å². The molecule has 0 unspecified atom stereocenters. The Balaban J connectivity index is 1.47. The summed E-state index contributed by atoms with van der Waals surface area (Å²) < 4.78 is 11.2. The van der Waals surface area contributed by atoms with Crippen molar-refractivity contribution in [2.45, 2.75) is 18.9 Å². The van der Waals surface area contributed by atoms with Gasteiger partial charge in [-0.2, -0.15) is 0 Å². The maximum absolute atomic E-state index is 11.9. The molecule has 126 valence electrons. The molecular formula is C18H19ClN2O3. The first-order valence-corrected chi connectivity index (χ1v) is 8.25. The highest BCUT2D eigenvalue weighted by Crippen LogP contribution is 2.19. The number of ether oxygens (including phenoxy) is 2. The Morgan fingerprint density at radius 1 is 1.08 bits per heavy atom. The number of amides is 2. The lowest BCUT2D eigenvalue weighted by Gasteiger charge is -2.12. The number of benzene rings is 2. The SMILES string of the molecule is O=C(Nc1ccc(Cl)cc1)Nc1ccc(OC[C@@H]2CCCO2)cc1. The second kappa shape index (κ2) is 8.04. The van der Waals surface area contributed by atoms with Crippen LogP contribution in [0.1, 0.15) is 12.8 Å². The lowest BCUT2D eigenvalue weighted by Crippen LogP contribution is -2.19. The van der Waals surface area contributed by atoms with Gasteiger partial charge in [0.25, 0.3) is 0 Å². The molecule has 6 heteroatoms. The molecule has 24 heavy (non-hydrogen) atoms. The zero-order valence-electron chi connectivity index (χ0n) is 13.1. The van der Waals surface area contributed by atoms with Gasteiger partial charge in [0.1, 0.15) is 12.4 Å². The van der Waals surface area contributed by atoms with Crippen molar-refractivity contribution < 1.29 is 14.3 Å². The van der Waals surface area contributed by atoms with Crippen molar-refractivity contribution in [2.75, 3.05) is 23.8 Å². The van der Waals surface area contributed by atoms with Crippen LogP contribution in [0, 0.1) is 0 Å². The van der Waals surface area contributed by atoms with Crippen LogP contribution < -0.4 is 15.4 Å². The van der Waals surface area contributed by atoms with Crippen molar-refractivity contribution in [3.05, 3.63) is 53.6 Å². The van der Waals surface area contributed by atoms with Gasteiger partial charge in [0.05, 0.1) is 6.10 Å². The monoisotopic (exact) mass is 346 g/mol. The number of anilines is 2. The Bertz CT molecular complexity index is 668. The van der Waals surface area contributed by atoms with E-state index in [-0.39, 0.29) is 12.1 Å². The van der Waals surface area contributed by atoms with Crippen molar-refractivity contribution >= 4 is 29.0 Å². The molecule has 1 saturated heterocycles. The number of urea groups is 1. The Morgan fingerprint density at radius 2 is 1.71 bits per heavy atom. The summed E-state index contributed by atoms with van der Waals surface area (Å²) in [5.41, 5.74) is 1.36. The first-order chi connectivity index (χ1) is 11.7. The van der Waals surface area contributed by atoms with Crippen molar-refractivity contribution in [1.29, 1.82) is 0 Å². The minimum absolute atomic E-state index is 0.188. The second-order valence-corrected chi connectivity index (χ2v) is 5.99. The van der Waals surface area contributed by atoms with Gasteiger partial charge < -0.3 is 20.1 Å². The van der Waals surface area contributed by atoms with Crippen LogP contribution in [0.3, 0.4) is 0 Å². The van der Waals surface area contributed by atoms with Gasteiger partial charge in [-0.3, -0.25) is 0 Å². The Morgan fingerprint density at radius 3 is 2.29 bits per heavy atom. The van der Waals surface area contributed by atoms with E-state index >= 15 is 0 Å². The third-order valence-electron chi connectivity index (χ3n) is 3.67. The Hall–Kier alpha value is -2.24. The maximum atomic E-state index is 11.9. The highest BCUT2D eigenvalue weighted by molar-refractivity contribution is 6.30. The summed E-state index contributed by atoms with van der Waals surface area (Å²) in [4.78, 5) is 11.9. The molecule has 2 amide bonds. The minimum Gasteiger partial charge on any atom is -0.491 e. The van der Waals surface area contributed by atoms with E-state index in [1.54, 1.807) is 36.4 Å². The summed E-state index contributed by atoms with van der Waals surface area (Å²) in [6, 6.07) is 13.9. The lowest BCUT2D eigenvalue weighted by atomic mass is 10.2. The molecule has 2 N–H and O–H groups in total. The smallest absolute Gasteiger partial charge is 0.323 e. The summed E-state index contributed by atoms with van der Waals surface area (Å²) in [5, 5.41) is 6.13. The highest BCUT2D eigenvalue weighted by atomic mass is 35.5. The molecule has 1 atom stereocenters. The zero-order chi connectivity index (χ0) is 16.8. The quantitative estimate of drug-likeness (QED) is 0.835. The molecule has 0 saturated carbocycles. The van der Waals surface area contributed by atoms with Gasteiger partial charge >= 0.3 is 6.03 Å². The minimum atomic E-state index is -0.314. The molecule has 1 heterocycles. The standard InChI is InChI=1S/C18H19ClN2O3/c19-13-3-5-14(6-4-13)20-18(22)21-15-7-9-16(10-8-15)24-12-17-2-1-11-23-17/h3-10,17H,1-2,11-12H2,(H2,20,21,22)/t17-/m0/s1. The van der Waals surface area contributed by atoms with Gasteiger partial charge in [-0.25, -0.2) is 4.79 Å². The number of carbonyl (C=O) groups excluding carboxylic acids is 1. The fourth-order valence-electron chi connectivity index (χ4n) is 2.43. The molecule has 0 spiro atoms. The number of halogens is 1. The van der Waals surface area contributed by atoms with E-state index in [4.69, 9.17) is 21.1 Å². The molecule has 1 aliphatic heterocycles. The van der Waals surface area contributed by atoms with Crippen LogP contribution in [0.2, 0.25) is 5.02 Å². The summed E-state index contributed by atoms with van der Waals surface area (Å²) in [6.07, 6.45) is 2.33. The number of nitrogens with one attached hydrogen (secondary N) is 2. The van der Waals surface area contributed by atoms with Crippen LogP contribution in [0.25, 0.3) is 0 Å². The Labute approximate surface area is 145 Å². The second-order valence-electron chi connectivity index (χ2n) is 5.56. The van der Waals surface area contributed by atoms with Crippen LogP contribution >= 0.6 is 11.6 Å². The molecule has 0 aliphatic carbocycles. The highest BCUT2D eigenvalue weighted by Gasteiger charge is 2.15. The summed E-state index contributed by atoms with van der Waals surface area (Å²) in [7, 11) is 0. The van der Waals surface area contributed by atoms with E-state index in [1.165, 1.54) is 0 Å². The number of carbonyl (C=O) groups is 1. The molecule has 2 aromatic rings. The first kappa shape index (κ1) is 16.6. The largest absolute Gasteiger partial charge is 0.491 e. The molecule has 0 aromatic heterocycles. The third-order valence-corrected chi connectivity index (χ3v) is 3.93. The Kier molecular flexibility index (Phi) is 5.56. The molecule has 3 rings (SSSR count). The average molecular weight is 347 g/mol. The molecule has 0 radical (unpaired) electrons. The molecule has 1 aliphatic rings. The summed E-state index contributed by atoms with van der Waals surface area (Å²) in [5.74, 6) is 0.758. The van der Waals surface area contributed by atoms with E-state index in [0.717, 1.165) is 25.2 Å². The number of hydrogen-bond donors (Lipinski definition) is 2. The molecule has 1 fully saturated rings. The van der Waals surface area contributed by atoms with E-state index in [0.29, 0.717) is 23.0 Å². The van der Waals surface area contributed by atoms with Gasteiger partial charge in [-0.1, -0.05) is 11.6 Å². The normalized spacial score (nSPS) is 16.6. The van der Waals surface area contributed by atoms with Gasteiger partial charge in [0.2, 0.25) is 0 Å². The van der Waals surface area contributed by atoms with Crippen LogP contribution in [-0.4, -0.2) is 25.3 Å². The zero-order valence-corrected chi connectivity index (χ0v) is 13.9. The predicted octanol–water partition coefficient (Wildman–Crippen LogP) is 4.54. The fraction of sp³-hybridized carbons (Fsp3) is 0.278. The average Bonchev–Trinajstić information content (AvgIpc) is 3.10. The fourth-order valence-corrected chi connectivity index (χ4v) is 2.55.